The monoisotopic (exact) mass is 284 g/mol. The zero-order chi connectivity index (χ0) is 15.2. The van der Waals surface area contributed by atoms with Crippen molar-refractivity contribution in [3.05, 3.63) is 59.7 Å². The summed E-state index contributed by atoms with van der Waals surface area (Å²) in [6.07, 6.45) is 0. The summed E-state index contributed by atoms with van der Waals surface area (Å²) in [6.45, 7) is 2.13. The smallest absolute Gasteiger partial charge is 0.338 e. The topological polar surface area (TPSA) is 52.6 Å². The van der Waals surface area contributed by atoms with Crippen LogP contribution in [0.25, 0.3) is 11.1 Å². The standard InChI is InChI=1S/C17H16O4/c1-3-21-17(19)15-10-6-13(7-11-15)12-4-8-14(9-5-12)16(18)20-2/h4-11H,3H2,1-2H3. The third-order valence-corrected chi connectivity index (χ3v) is 3.04. The molecule has 0 saturated carbocycles. The van der Waals surface area contributed by atoms with E-state index in [4.69, 9.17) is 4.74 Å². The molecule has 0 aliphatic rings. The third kappa shape index (κ3) is 3.48. The predicted molar refractivity (Wildman–Crippen MR) is 79.2 cm³/mol. The average molecular weight is 284 g/mol. The van der Waals surface area contributed by atoms with Crippen molar-refractivity contribution in [2.24, 2.45) is 0 Å². The predicted octanol–water partition coefficient (Wildman–Crippen LogP) is 3.32. The summed E-state index contributed by atoms with van der Waals surface area (Å²) in [5.41, 5.74) is 2.94. The summed E-state index contributed by atoms with van der Waals surface area (Å²) >= 11 is 0. The van der Waals surface area contributed by atoms with Gasteiger partial charge in [0.25, 0.3) is 0 Å². The Hall–Kier alpha value is -2.62. The van der Waals surface area contributed by atoms with E-state index in [1.807, 2.05) is 24.3 Å². The summed E-state index contributed by atoms with van der Waals surface area (Å²) in [4.78, 5) is 22.9. The van der Waals surface area contributed by atoms with E-state index < -0.39 is 0 Å². The molecular weight excluding hydrogens is 268 g/mol. The van der Waals surface area contributed by atoms with Gasteiger partial charge in [0, 0.05) is 0 Å². The highest BCUT2D eigenvalue weighted by molar-refractivity contribution is 5.91. The Morgan fingerprint density at radius 1 is 0.810 bits per heavy atom. The van der Waals surface area contributed by atoms with E-state index in [1.54, 1.807) is 31.2 Å². The second-order valence-corrected chi connectivity index (χ2v) is 4.37. The molecule has 4 heteroatoms. The summed E-state index contributed by atoms with van der Waals surface area (Å²) in [6, 6.07) is 14.2. The van der Waals surface area contributed by atoms with Gasteiger partial charge in [-0.2, -0.15) is 0 Å². The summed E-state index contributed by atoms with van der Waals surface area (Å²) in [5, 5.41) is 0. The van der Waals surface area contributed by atoms with Crippen molar-refractivity contribution >= 4 is 11.9 Å². The molecular formula is C17H16O4. The molecule has 0 aliphatic heterocycles. The van der Waals surface area contributed by atoms with Gasteiger partial charge in [0.15, 0.2) is 0 Å². The highest BCUT2D eigenvalue weighted by Gasteiger charge is 2.08. The number of benzene rings is 2. The van der Waals surface area contributed by atoms with E-state index in [9.17, 15) is 9.59 Å². The van der Waals surface area contributed by atoms with Gasteiger partial charge < -0.3 is 9.47 Å². The lowest BCUT2D eigenvalue weighted by Crippen LogP contribution is -2.04. The largest absolute Gasteiger partial charge is 0.465 e. The Bertz CT molecular complexity index is 627. The normalized spacial score (nSPS) is 10.0. The molecule has 4 nitrogen and oxygen atoms in total. The molecule has 0 spiro atoms. The molecule has 0 radical (unpaired) electrons. The quantitative estimate of drug-likeness (QED) is 0.808. The van der Waals surface area contributed by atoms with Crippen LogP contribution >= 0.6 is 0 Å². The molecule has 0 aliphatic carbocycles. The molecule has 0 aromatic heterocycles. The molecule has 0 amide bonds. The van der Waals surface area contributed by atoms with Crippen molar-refractivity contribution in [2.75, 3.05) is 13.7 Å². The molecule has 0 atom stereocenters. The van der Waals surface area contributed by atoms with Crippen molar-refractivity contribution in [1.82, 2.24) is 0 Å². The maximum atomic E-state index is 11.6. The molecule has 0 heterocycles. The number of hydrogen-bond donors (Lipinski definition) is 0. The number of esters is 2. The molecule has 0 N–H and O–H groups in total. The van der Waals surface area contributed by atoms with Crippen LogP contribution in [0.1, 0.15) is 27.6 Å². The Morgan fingerprint density at radius 3 is 1.62 bits per heavy atom. The fourth-order valence-corrected chi connectivity index (χ4v) is 1.93. The number of carbonyl (C=O) groups excluding carboxylic acids is 2. The molecule has 2 rings (SSSR count). The van der Waals surface area contributed by atoms with Crippen LogP contribution < -0.4 is 0 Å². The molecule has 0 bridgehead atoms. The van der Waals surface area contributed by atoms with E-state index in [0.29, 0.717) is 17.7 Å². The minimum atomic E-state index is -0.362. The number of carbonyl (C=O) groups is 2. The first-order valence-corrected chi connectivity index (χ1v) is 6.61. The zero-order valence-electron chi connectivity index (χ0n) is 12.0. The first kappa shape index (κ1) is 14.8. The lowest BCUT2D eigenvalue weighted by molar-refractivity contribution is 0.0525. The highest BCUT2D eigenvalue weighted by atomic mass is 16.5. The van der Waals surface area contributed by atoms with Crippen LogP contribution in [0, 0.1) is 0 Å². The minimum absolute atomic E-state index is 0.329. The van der Waals surface area contributed by atoms with Gasteiger partial charge in [-0.25, -0.2) is 9.59 Å². The van der Waals surface area contributed by atoms with Crippen molar-refractivity contribution in [3.8, 4) is 11.1 Å². The van der Waals surface area contributed by atoms with Crippen molar-refractivity contribution in [1.29, 1.82) is 0 Å². The fourth-order valence-electron chi connectivity index (χ4n) is 1.93. The Balaban J connectivity index is 2.19. The Labute approximate surface area is 123 Å². The average Bonchev–Trinajstić information content (AvgIpc) is 2.54. The summed E-state index contributed by atoms with van der Waals surface area (Å²) in [7, 11) is 1.35. The van der Waals surface area contributed by atoms with Crippen LogP contribution in [0.4, 0.5) is 0 Å². The zero-order valence-corrected chi connectivity index (χ0v) is 12.0. The maximum Gasteiger partial charge on any atom is 0.338 e. The molecule has 108 valence electrons. The van der Waals surface area contributed by atoms with E-state index in [-0.39, 0.29) is 11.9 Å². The van der Waals surface area contributed by atoms with Crippen LogP contribution in [0.3, 0.4) is 0 Å². The lowest BCUT2D eigenvalue weighted by atomic mass is 10.0. The number of rotatable bonds is 4. The van der Waals surface area contributed by atoms with Crippen LogP contribution in [-0.4, -0.2) is 25.7 Å². The molecule has 0 fully saturated rings. The van der Waals surface area contributed by atoms with Gasteiger partial charge in [-0.05, 0) is 42.3 Å². The van der Waals surface area contributed by atoms with E-state index in [1.165, 1.54) is 7.11 Å². The first-order chi connectivity index (χ1) is 10.2. The molecule has 2 aromatic rings. The molecule has 0 unspecified atom stereocenters. The highest BCUT2D eigenvalue weighted by Crippen LogP contribution is 2.21. The van der Waals surface area contributed by atoms with Crippen molar-refractivity contribution in [3.63, 3.8) is 0 Å². The number of methoxy groups -OCH3 is 1. The molecule has 2 aromatic carbocycles. The van der Waals surface area contributed by atoms with Crippen LogP contribution in [-0.2, 0) is 9.47 Å². The first-order valence-electron chi connectivity index (χ1n) is 6.61. The minimum Gasteiger partial charge on any atom is -0.465 e. The van der Waals surface area contributed by atoms with E-state index in [2.05, 4.69) is 4.74 Å². The Kier molecular flexibility index (Phi) is 4.72. The van der Waals surface area contributed by atoms with E-state index in [0.717, 1.165) is 11.1 Å². The van der Waals surface area contributed by atoms with Gasteiger partial charge in [0.1, 0.15) is 0 Å². The number of hydrogen-bond acceptors (Lipinski definition) is 4. The van der Waals surface area contributed by atoms with Gasteiger partial charge in [-0.15, -0.1) is 0 Å². The van der Waals surface area contributed by atoms with Crippen molar-refractivity contribution in [2.45, 2.75) is 6.92 Å². The maximum absolute atomic E-state index is 11.6. The van der Waals surface area contributed by atoms with Gasteiger partial charge >= 0.3 is 11.9 Å². The summed E-state index contributed by atoms with van der Waals surface area (Å²) in [5.74, 6) is -0.690. The third-order valence-electron chi connectivity index (χ3n) is 3.04. The molecule has 21 heavy (non-hydrogen) atoms. The van der Waals surface area contributed by atoms with Gasteiger partial charge in [-0.3, -0.25) is 0 Å². The number of ether oxygens (including phenoxy) is 2. The van der Waals surface area contributed by atoms with Gasteiger partial charge in [0.05, 0.1) is 24.8 Å². The second kappa shape index (κ2) is 6.70. The van der Waals surface area contributed by atoms with Crippen molar-refractivity contribution < 1.29 is 19.1 Å². The van der Waals surface area contributed by atoms with Gasteiger partial charge in [-0.1, -0.05) is 24.3 Å². The van der Waals surface area contributed by atoms with Gasteiger partial charge in [0.2, 0.25) is 0 Å². The summed E-state index contributed by atoms with van der Waals surface area (Å²) < 4.78 is 9.59. The molecule has 0 saturated heterocycles. The van der Waals surface area contributed by atoms with Crippen LogP contribution in [0.5, 0.6) is 0 Å². The second-order valence-electron chi connectivity index (χ2n) is 4.37. The van der Waals surface area contributed by atoms with Crippen LogP contribution in [0.15, 0.2) is 48.5 Å². The van der Waals surface area contributed by atoms with Crippen LogP contribution in [0.2, 0.25) is 0 Å². The lowest BCUT2D eigenvalue weighted by Gasteiger charge is -2.05. The fraction of sp³-hybridized carbons (Fsp3) is 0.176. The SMILES string of the molecule is CCOC(=O)c1ccc(-c2ccc(C(=O)OC)cc2)cc1. The van der Waals surface area contributed by atoms with E-state index >= 15 is 0 Å². The Morgan fingerprint density at radius 2 is 1.24 bits per heavy atom.